The molecule has 23 heavy (non-hydrogen) atoms. The normalized spacial score (nSPS) is 24.7. The van der Waals surface area contributed by atoms with Crippen LogP contribution in [0.2, 0.25) is 0 Å². The lowest BCUT2D eigenvalue weighted by molar-refractivity contribution is 0.412. The van der Waals surface area contributed by atoms with Crippen molar-refractivity contribution in [1.29, 1.82) is 0 Å². The molecule has 1 aliphatic heterocycles. The number of aryl methyl sites for hydroxylation is 1. The second-order valence-corrected chi connectivity index (χ2v) is 6.36. The third-order valence-electron chi connectivity index (χ3n) is 5.02. The number of fused-ring (bicyclic) bond motifs is 2. The van der Waals surface area contributed by atoms with Gasteiger partial charge >= 0.3 is 0 Å². The van der Waals surface area contributed by atoms with E-state index in [1.54, 1.807) is 7.11 Å². The van der Waals surface area contributed by atoms with E-state index < -0.39 is 5.66 Å². The van der Waals surface area contributed by atoms with E-state index in [-0.39, 0.29) is 5.92 Å². The van der Waals surface area contributed by atoms with Crippen molar-refractivity contribution < 1.29 is 4.74 Å². The van der Waals surface area contributed by atoms with Gasteiger partial charge in [0.2, 0.25) is 0 Å². The van der Waals surface area contributed by atoms with E-state index in [2.05, 4.69) is 17.4 Å². The molecule has 0 spiro atoms. The van der Waals surface area contributed by atoms with E-state index in [4.69, 9.17) is 16.2 Å². The highest BCUT2D eigenvalue weighted by Crippen LogP contribution is 2.44. The number of methoxy groups -OCH3 is 1. The summed E-state index contributed by atoms with van der Waals surface area (Å²) in [7, 11) is 1.70. The first-order valence-corrected chi connectivity index (χ1v) is 7.92. The second kappa shape index (κ2) is 5.03. The summed E-state index contributed by atoms with van der Waals surface area (Å²) < 4.78 is 5.38. The summed E-state index contributed by atoms with van der Waals surface area (Å²) in [5, 5.41) is 3.50. The summed E-state index contributed by atoms with van der Waals surface area (Å²) in [5.41, 5.74) is 17.6. The standard InChI is InChI=1S/C19H21N3O/c1-23-13-7-5-12-6-8-16(15(12)11-13)19(21)10-9-14-17(20)3-2-4-18(14)22-19/h2-5,7,9-11,16,22H,6,8,20-21H2,1H3. The van der Waals surface area contributed by atoms with Crippen LogP contribution in [-0.4, -0.2) is 12.8 Å². The number of nitrogens with one attached hydrogen (secondary N) is 1. The van der Waals surface area contributed by atoms with Gasteiger partial charge in [-0.15, -0.1) is 0 Å². The van der Waals surface area contributed by atoms with Gasteiger partial charge in [-0.3, -0.25) is 0 Å². The number of ether oxygens (including phenoxy) is 1. The lowest BCUT2D eigenvalue weighted by Crippen LogP contribution is -2.51. The molecule has 4 rings (SSSR count). The minimum atomic E-state index is -0.613. The zero-order valence-electron chi connectivity index (χ0n) is 13.2. The van der Waals surface area contributed by atoms with Crippen LogP contribution >= 0.6 is 0 Å². The molecule has 5 N–H and O–H groups in total. The largest absolute Gasteiger partial charge is 0.497 e. The molecule has 118 valence electrons. The second-order valence-electron chi connectivity index (χ2n) is 6.36. The quantitative estimate of drug-likeness (QED) is 0.745. The summed E-state index contributed by atoms with van der Waals surface area (Å²) in [6, 6.07) is 12.2. The van der Waals surface area contributed by atoms with Crippen molar-refractivity contribution in [3.8, 4) is 5.75 Å². The van der Waals surface area contributed by atoms with Crippen molar-refractivity contribution in [2.45, 2.75) is 24.4 Å². The molecule has 1 aliphatic carbocycles. The van der Waals surface area contributed by atoms with Crippen LogP contribution in [0.5, 0.6) is 5.75 Å². The van der Waals surface area contributed by atoms with Crippen LogP contribution in [0.3, 0.4) is 0 Å². The average Bonchev–Trinajstić information content (AvgIpc) is 2.98. The average molecular weight is 307 g/mol. The zero-order valence-corrected chi connectivity index (χ0v) is 13.2. The lowest BCUT2D eigenvalue weighted by Gasteiger charge is -2.38. The number of rotatable bonds is 2. The summed E-state index contributed by atoms with van der Waals surface area (Å²) >= 11 is 0. The van der Waals surface area contributed by atoms with Gasteiger partial charge in [-0.2, -0.15) is 0 Å². The number of hydrogen-bond donors (Lipinski definition) is 3. The Morgan fingerprint density at radius 2 is 2.13 bits per heavy atom. The Balaban J connectivity index is 1.74. The smallest absolute Gasteiger partial charge is 0.119 e. The molecular weight excluding hydrogens is 286 g/mol. The van der Waals surface area contributed by atoms with Gasteiger partial charge in [0, 0.05) is 22.9 Å². The summed E-state index contributed by atoms with van der Waals surface area (Å²) in [6.07, 6.45) is 6.15. The number of nitrogens with two attached hydrogens (primary N) is 2. The Hall–Kier alpha value is -2.46. The fourth-order valence-corrected chi connectivity index (χ4v) is 3.78. The number of nitrogen functional groups attached to an aromatic ring is 1. The Kier molecular flexibility index (Phi) is 3.10. The molecule has 0 saturated carbocycles. The maximum absolute atomic E-state index is 6.76. The van der Waals surface area contributed by atoms with Crippen molar-refractivity contribution in [2.24, 2.45) is 5.73 Å². The number of hydrogen-bond acceptors (Lipinski definition) is 4. The predicted octanol–water partition coefficient (Wildman–Crippen LogP) is 3.10. The first-order chi connectivity index (χ1) is 11.1. The van der Waals surface area contributed by atoms with Gasteiger partial charge in [-0.25, -0.2) is 0 Å². The zero-order chi connectivity index (χ0) is 16.0. The van der Waals surface area contributed by atoms with Gasteiger partial charge in [0.1, 0.15) is 11.4 Å². The molecule has 4 heteroatoms. The topological polar surface area (TPSA) is 73.3 Å². The third kappa shape index (κ3) is 2.18. The van der Waals surface area contributed by atoms with Crippen LogP contribution in [0.25, 0.3) is 6.08 Å². The predicted molar refractivity (Wildman–Crippen MR) is 94.5 cm³/mol. The van der Waals surface area contributed by atoms with E-state index in [1.165, 1.54) is 11.1 Å². The first-order valence-electron chi connectivity index (χ1n) is 7.92. The molecule has 2 unspecified atom stereocenters. The van der Waals surface area contributed by atoms with E-state index in [9.17, 15) is 0 Å². The molecule has 2 aromatic rings. The van der Waals surface area contributed by atoms with Crippen LogP contribution in [0.4, 0.5) is 11.4 Å². The Bertz CT molecular complexity index is 799. The van der Waals surface area contributed by atoms with Crippen molar-refractivity contribution in [1.82, 2.24) is 0 Å². The van der Waals surface area contributed by atoms with Crippen LogP contribution in [-0.2, 0) is 6.42 Å². The Labute approximate surface area is 136 Å². The monoisotopic (exact) mass is 307 g/mol. The lowest BCUT2D eigenvalue weighted by atomic mass is 9.84. The molecule has 4 nitrogen and oxygen atoms in total. The third-order valence-corrected chi connectivity index (χ3v) is 5.02. The fourth-order valence-electron chi connectivity index (χ4n) is 3.78. The van der Waals surface area contributed by atoms with Crippen LogP contribution in [0, 0.1) is 0 Å². The molecule has 1 heterocycles. The number of anilines is 2. The minimum absolute atomic E-state index is 0.207. The van der Waals surface area contributed by atoms with Crippen LogP contribution in [0.15, 0.2) is 42.5 Å². The maximum atomic E-state index is 6.76. The maximum Gasteiger partial charge on any atom is 0.119 e. The Morgan fingerprint density at radius 1 is 1.26 bits per heavy atom. The molecule has 2 aliphatic rings. The van der Waals surface area contributed by atoms with Gasteiger partial charge in [0.25, 0.3) is 0 Å². The molecule has 0 amide bonds. The van der Waals surface area contributed by atoms with E-state index in [0.29, 0.717) is 0 Å². The van der Waals surface area contributed by atoms with E-state index in [1.807, 2.05) is 36.4 Å². The van der Waals surface area contributed by atoms with Crippen LogP contribution in [0.1, 0.15) is 29.0 Å². The highest BCUT2D eigenvalue weighted by atomic mass is 16.5. The highest BCUT2D eigenvalue weighted by Gasteiger charge is 2.40. The van der Waals surface area contributed by atoms with Crippen molar-refractivity contribution >= 4 is 17.5 Å². The van der Waals surface area contributed by atoms with Crippen molar-refractivity contribution in [3.63, 3.8) is 0 Å². The van der Waals surface area contributed by atoms with Crippen molar-refractivity contribution in [2.75, 3.05) is 18.2 Å². The van der Waals surface area contributed by atoms with Crippen LogP contribution < -0.4 is 21.5 Å². The number of benzene rings is 2. The van der Waals surface area contributed by atoms with E-state index >= 15 is 0 Å². The molecule has 0 aromatic heterocycles. The van der Waals surface area contributed by atoms with Gasteiger partial charge in [-0.1, -0.05) is 18.2 Å². The summed E-state index contributed by atoms with van der Waals surface area (Å²) in [4.78, 5) is 0. The Morgan fingerprint density at radius 3 is 2.96 bits per heavy atom. The van der Waals surface area contributed by atoms with Gasteiger partial charge < -0.3 is 21.5 Å². The molecule has 0 saturated heterocycles. The fraction of sp³-hybridized carbons (Fsp3) is 0.263. The summed E-state index contributed by atoms with van der Waals surface area (Å²) in [5.74, 6) is 1.09. The summed E-state index contributed by atoms with van der Waals surface area (Å²) in [6.45, 7) is 0. The van der Waals surface area contributed by atoms with Gasteiger partial charge in [0.05, 0.1) is 7.11 Å². The molecule has 2 aromatic carbocycles. The molecule has 0 radical (unpaired) electrons. The van der Waals surface area contributed by atoms with Gasteiger partial charge in [-0.05, 0) is 54.3 Å². The van der Waals surface area contributed by atoms with Crippen molar-refractivity contribution in [3.05, 3.63) is 59.2 Å². The molecule has 2 atom stereocenters. The van der Waals surface area contributed by atoms with E-state index in [0.717, 1.165) is 35.5 Å². The molecule has 0 fully saturated rings. The highest BCUT2D eigenvalue weighted by molar-refractivity contribution is 5.81. The molecular formula is C19H21N3O. The van der Waals surface area contributed by atoms with Gasteiger partial charge in [0.15, 0.2) is 0 Å². The minimum Gasteiger partial charge on any atom is -0.497 e. The SMILES string of the molecule is COc1ccc2c(c1)C(C1(N)C=Cc3c(N)cccc3N1)CC2. The first kappa shape index (κ1) is 14.2. The molecule has 0 bridgehead atoms.